The van der Waals surface area contributed by atoms with Crippen molar-refractivity contribution >= 4 is 27.5 Å². The van der Waals surface area contributed by atoms with E-state index in [0.717, 1.165) is 25.7 Å². The lowest BCUT2D eigenvalue weighted by molar-refractivity contribution is 0.0941. The van der Waals surface area contributed by atoms with E-state index >= 15 is 0 Å². The number of nitrogens with zero attached hydrogens (tertiary/aromatic N) is 2. The van der Waals surface area contributed by atoms with Crippen LogP contribution in [0.4, 0.5) is 4.39 Å². The number of rotatable bonds is 6. The maximum absolute atomic E-state index is 14.4. The van der Waals surface area contributed by atoms with Gasteiger partial charge in [-0.15, -0.1) is 4.83 Å². The quantitative estimate of drug-likeness (QED) is 0.577. The molecule has 4 rings (SSSR count). The standard InChI is InChI=1S/C19H23ClFN5O3S/c1-26-8-17(22-10-26)12-6-14(18(21)15(20)7-12)19(27)24-25-30(28,29)9-11-2-3-13-4-5-16(11)23-13/h6-8,10-11,13,16,23,25H,2-5,9H2,1H3,(H,24,27)/t11-,13+,16+/m1/s1. The van der Waals surface area contributed by atoms with Gasteiger partial charge in [-0.05, 0) is 43.7 Å². The van der Waals surface area contributed by atoms with Gasteiger partial charge in [0.25, 0.3) is 5.91 Å². The van der Waals surface area contributed by atoms with Crippen molar-refractivity contribution in [3.05, 3.63) is 41.1 Å². The predicted octanol–water partition coefficient (Wildman–Crippen LogP) is 1.97. The van der Waals surface area contributed by atoms with Crippen molar-refractivity contribution in [2.45, 2.75) is 37.8 Å². The van der Waals surface area contributed by atoms with Crippen LogP contribution in [0, 0.1) is 11.7 Å². The molecule has 1 aromatic carbocycles. The second kappa shape index (κ2) is 8.26. The molecular formula is C19H23ClFN5O3S. The smallest absolute Gasteiger partial charge is 0.269 e. The third-order valence-corrected chi connectivity index (χ3v) is 7.31. The van der Waals surface area contributed by atoms with E-state index < -0.39 is 21.7 Å². The molecule has 3 heterocycles. The molecule has 0 aliphatic carbocycles. The van der Waals surface area contributed by atoms with Gasteiger partial charge in [0, 0.05) is 30.9 Å². The van der Waals surface area contributed by atoms with E-state index in [9.17, 15) is 17.6 Å². The molecule has 0 saturated carbocycles. The fourth-order valence-corrected chi connectivity index (χ4v) is 5.76. The number of aromatic nitrogens is 2. The fourth-order valence-electron chi connectivity index (χ4n) is 4.24. The first kappa shape index (κ1) is 21.2. The minimum absolute atomic E-state index is 0.0168. The van der Waals surface area contributed by atoms with Crippen LogP contribution in [0.5, 0.6) is 0 Å². The number of carbonyl (C=O) groups is 1. The van der Waals surface area contributed by atoms with Crippen LogP contribution in [-0.4, -0.2) is 41.7 Å². The number of hydrazine groups is 1. The molecule has 2 aromatic rings. The molecule has 30 heavy (non-hydrogen) atoms. The molecule has 0 radical (unpaired) electrons. The summed E-state index contributed by atoms with van der Waals surface area (Å²) in [5.41, 5.74) is 2.68. The highest BCUT2D eigenvalue weighted by atomic mass is 35.5. The number of hydrogen-bond donors (Lipinski definition) is 3. The van der Waals surface area contributed by atoms with Crippen LogP contribution in [0.2, 0.25) is 5.02 Å². The lowest BCUT2D eigenvalue weighted by atomic mass is 9.94. The molecule has 162 valence electrons. The number of carbonyl (C=O) groups excluding carboxylic acids is 1. The second-order valence-electron chi connectivity index (χ2n) is 7.97. The molecule has 2 aliphatic heterocycles. The Morgan fingerprint density at radius 1 is 1.33 bits per heavy atom. The van der Waals surface area contributed by atoms with Crippen molar-refractivity contribution in [1.82, 2.24) is 25.1 Å². The summed E-state index contributed by atoms with van der Waals surface area (Å²) < 4.78 is 41.1. The van der Waals surface area contributed by atoms with E-state index in [0.29, 0.717) is 17.3 Å². The Bertz CT molecular complexity index is 1070. The highest BCUT2D eigenvalue weighted by Crippen LogP contribution is 2.32. The number of nitrogens with one attached hydrogen (secondary N) is 3. The topological polar surface area (TPSA) is 105 Å². The van der Waals surface area contributed by atoms with Gasteiger partial charge < -0.3 is 9.88 Å². The van der Waals surface area contributed by atoms with Gasteiger partial charge in [-0.25, -0.2) is 17.8 Å². The summed E-state index contributed by atoms with van der Waals surface area (Å²) in [5.74, 6) is -1.98. The molecule has 2 saturated heterocycles. The maximum atomic E-state index is 14.4. The summed E-state index contributed by atoms with van der Waals surface area (Å²) >= 11 is 5.94. The molecule has 0 spiro atoms. The third-order valence-electron chi connectivity index (χ3n) is 5.76. The number of aryl methyl sites for hydroxylation is 1. The van der Waals surface area contributed by atoms with Gasteiger partial charge in [-0.1, -0.05) is 11.6 Å². The summed E-state index contributed by atoms with van der Waals surface area (Å²) in [5, 5.41) is 3.19. The number of fused-ring (bicyclic) bond motifs is 2. The highest BCUT2D eigenvalue weighted by Gasteiger charge is 2.37. The lowest BCUT2D eigenvalue weighted by Crippen LogP contribution is -2.48. The lowest BCUT2D eigenvalue weighted by Gasteiger charge is -2.29. The number of halogens is 2. The van der Waals surface area contributed by atoms with Crippen molar-refractivity contribution in [3.8, 4) is 11.3 Å². The number of imidazole rings is 1. The second-order valence-corrected chi connectivity index (χ2v) is 10.1. The van der Waals surface area contributed by atoms with Gasteiger partial charge in [0.2, 0.25) is 10.0 Å². The zero-order valence-electron chi connectivity index (χ0n) is 16.4. The van der Waals surface area contributed by atoms with Crippen molar-refractivity contribution in [2.75, 3.05) is 5.75 Å². The molecule has 11 heteroatoms. The Hall–Kier alpha value is -2.01. The molecule has 1 amide bonds. The van der Waals surface area contributed by atoms with Crippen LogP contribution in [0.25, 0.3) is 11.3 Å². The minimum Gasteiger partial charge on any atom is -0.340 e. The Labute approximate surface area is 179 Å². The average Bonchev–Trinajstić information content (AvgIpc) is 3.31. The van der Waals surface area contributed by atoms with Crippen molar-refractivity contribution in [3.63, 3.8) is 0 Å². The van der Waals surface area contributed by atoms with Crippen LogP contribution in [0.3, 0.4) is 0 Å². The van der Waals surface area contributed by atoms with E-state index in [1.165, 1.54) is 12.1 Å². The first-order valence-electron chi connectivity index (χ1n) is 9.75. The SMILES string of the molecule is Cn1cnc(-c2cc(Cl)c(F)c(C(=O)NNS(=O)(=O)C[C@H]3CC[C@H]4CC[C@@H]3N4)c2)c1. The number of sulfonamides is 1. The van der Waals surface area contributed by atoms with Crippen LogP contribution >= 0.6 is 11.6 Å². The molecule has 2 aliphatic rings. The average molecular weight is 456 g/mol. The van der Waals surface area contributed by atoms with Gasteiger partial charge in [-0.3, -0.25) is 10.2 Å². The van der Waals surface area contributed by atoms with Gasteiger partial charge in [0.1, 0.15) is 0 Å². The summed E-state index contributed by atoms with van der Waals surface area (Å²) in [4.78, 5) is 18.7. The van der Waals surface area contributed by atoms with E-state index in [1.807, 2.05) is 0 Å². The zero-order valence-corrected chi connectivity index (χ0v) is 17.9. The van der Waals surface area contributed by atoms with Crippen molar-refractivity contribution in [2.24, 2.45) is 13.0 Å². The molecule has 3 N–H and O–H groups in total. The number of amides is 1. The van der Waals surface area contributed by atoms with Crippen LogP contribution < -0.4 is 15.6 Å². The maximum Gasteiger partial charge on any atom is 0.269 e. The largest absolute Gasteiger partial charge is 0.340 e. The van der Waals surface area contributed by atoms with Crippen LogP contribution in [0.1, 0.15) is 36.0 Å². The van der Waals surface area contributed by atoms with Gasteiger partial charge in [-0.2, -0.15) is 0 Å². The normalized spacial score (nSPS) is 23.5. The first-order chi connectivity index (χ1) is 14.2. The van der Waals surface area contributed by atoms with E-state index in [-0.39, 0.29) is 28.3 Å². The summed E-state index contributed by atoms with van der Waals surface area (Å²) in [7, 11) is -2.01. The Morgan fingerprint density at radius 2 is 2.10 bits per heavy atom. The Balaban J connectivity index is 1.45. The van der Waals surface area contributed by atoms with E-state index in [1.54, 1.807) is 24.1 Å². The van der Waals surface area contributed by atoms with Gasteiger partial charge in [0.05, 0.1) is 28.4 Å². The fraction of sp³-hybridized carbons (Fsp3) is 0.474. The van der Waals surface area contributed by atoms with Crippen molar-refractivity contribution < 1.29 is 17.6 Å². The molecule has 3 atom stereocenters. The number of piperidine rings is 1. The molecule has 8 nitrogen and oxygen atoms in total. The predicted molar refractivity (Wildman–Crippen MR) is 111 cm³/mol. The molecule has 2 bridgehead atoms. The minimum atomic E-state index is -3.78. The van der Waals surface area contributed by atoms with Crippen LogP contribution in [0.15, 0.2) is 24.7 Å². The number of benzene rings is 1. The molecule has 1 aromatic heterocycles. The van der Waals surface area contributed by atoms with E-state index in [4.69, 9.17) is 11.6 Å². The summed E-state index contributed by atoms with van der Waals surface area (Å²) in [6.45, 7) is 0. The van der Waals surface area contributed by atoms with Crippen LogP contribution in [-0.2, 0) is 17.1 Å². The monoisotopic (exact) mass is 455 g/mol. The first-order valence-corrected chi connectivity index (χ1v) is 11.8. The molecule has 0 unspecified atom stereocenters. The molecular weight excluding hydrogens is 433 g/mol. The third kappa shape index (κ3) is 4.51. The summed E-state index contributed by atoms with van der Waals surface area (Å²) in [6, 6.07) is 3.32. The Kier molecular flexibility index (Phi) is 5.84. The molecule has 2 fully saturated rings. The summed E-state index contributed by atoms with van der Waals surface area (Å²) in [6.07, 6.45) is 7.06. The van der Waals surface area contributed by atoms with Crippen molar-refractivity contribution in [1.29, 1.82) is 0 Å². The van der Waals surface area contributed by atoms with Gasteiger partial charge in [0.15, 0.2) is 5.82 Å². The highest BCUT2D eigenvalue weighted by molar-refractivity contribution is 7.89. The van der Waals surface area contributed by atoms with E-state index in [2.05, 4.69) is 20.6 Å². The van der Waals surface area contributed by atoms with Gasteiger partial charge >= 0.3 is 0 Å². The number of hydrogen-bond acceptors (Lipinski definition) is 5. The zero-order chi connectivity index (χ0) is 21.5. The Morgan fingerprint density at radius 3 is 2.83 bits per heavy atom.